The fourth-order valence-corrected chi connectivity index (χ4v) is 3.88. The van der Waals surface area contributed by atoms with Gasteiger partial charge in [0.2, 0.25) is 5.91 Å². The smallest absolute Gasteiger partial charge is 0.220 e. The van der Waals surface area contributed by atoms with Crippen LogP contribution < -0.4 is 5.32 Å². The molecule has 3 heterocycles. The van der Waals surface area contributed by atoms with Gasteiger partial charge in [-0.25, -0.2) is 9.67 Å². The van der Waals surface area contributed by atoms with Gasteiger partial charge in [-0.3, -0.25) is 9.69 Å². The molecule has 30 heavy (non-hydrogen) atoms. The molecule has 0 aliphatic carbocycles. The van der Waals surface area contributed by atoms with E-state index in [1.54, 1.807) is 0 Å². The van der Waals surface area contributed by atoms with Crippen LogP contribution in [0.25, 0.3) is 11.0 Å². The van der Waals surface area contributed by atoms with Crippen molar-refractivity contribution >= 4 is 16.9 Å². The number of carbonyl (C=O) groups is 1. The second-order valence-corrected chi connectivity index (χ2v) is 8.31. The molecule has 0 radical (unpaired) electrons. The van der Waals surface area contributed by atoms with Gasteiger partial charge in [0.1, 0.15) is 5.82 Å². The third-order valence-electron chi connectivity index (χ3n) is 5.82. The van der Waals surface area contributed by atoms with Crippen molar-refractivity contribution in [3.8, 4) is 0 Å². The summed E-state index contributed by atoms with van der Waals surface area (Å²) in [6.07, 6.45) is 3.56. The summed E-state index contributed by atoms with van der Waals surface area (Å²) in [4.78, 5) is 22.6. The van der Waals surface area contributed by atoms with Crippen LogP contribution in [0, 0.1) is 5.92 Å². The molecule has 3 aromatic rings. The van der Waals surface area contributed by atoms with E-state index < -0.39 is 0 Å². The fourth-order valence-electron chi connectivity index (χ4n) is 3.88. The monoisotopic (exact) mass is 410 g/mol. The van der Waals surface area contributed by atoms with Crippen LogP contribution in [-0.4, -0.2) is 54.1 Å². The summed E-state index contributed by atoms with van der Waals surface area (Å²) >= 11 is 0. The number of nitrogens with one attached hydrogen (secondary N) is 2. The number of tetrazole rings is 1. The van der Waals surface area contributed by atoms with Crippen LogP contribution in [-0.2, 0) is 17.9 Å². The number of rotatable bonds is 8. The first kappa shape index (κ1) is 20.5. The normalized spacial score (nSPS) is 16.7. The van der Waals surface area contributed by atoms with E-state index in [9.17, 15) is 4.79 Å². The number of fused-ring (bicyclic) bond motifs is 1. The fraction of sp³-hybridized carbons (Fsp3) is 0.571. The first-order valence-corrected chi connectivity index (χ1v) is 10.8. The van der Waals surface area contributed by atoms with E-state index in [-0.39, 0.29) is 11.9 Å². The van der Waals surface area contributed by atoms with Crippen molar-refractivity contribution in [3.05, 3.63) is 35.9 Å². The van der Waals surface area contributed by atoms with Gasteiger partial charge >= 0.3 is 0 Å². The molecule has 0 unspecified atom stereocenters. The SMILES string of the molecule is CC1CCN(Cc2nnnn2CCCC(=O)N[C@@H](C)c2nc3ccccc3[nH]2)CC1. The lowest BCUT2D eigenvalue weighted by Gasteiger charge is -2.29. The number of likely N-dealkylation sites (tertiary alicyclic amines) is 1. The molecule has 9 nitrogen and oxygen atoms in total. The molecule has 1 saturated heterocycles. The molecule has 1 aliphatic rings. The molecule has 2 N–H and O–H groups in total. The summed E-state index contributed by atoms with van der Waals surface area (Å²) < 4.78 is 1.83. The first-order valence-electron chi connectivity index (χ1n) is 10.8. The third-order valence-corrected chi connectivity index (χ3v) is 5.82. The quantitative estimate of drug-likeness (QED) is 0.591. The average Bonchev–Trinajstić information content (AvgIpc) is 3.36. The predicted octanol–water partition coefficient (Wildman–Crippen LogP) is 2.44. The maximum atomic E-state index is 12.4. The Morgan fingerprint density at radius 2 is 2.10 bits per heavy atom. The third kappa shape index (κ3) is 5.02. The molecule has 1 aromatic carbocycles. The molecule has 0 spiro atoms. The Morgan fingerprint density at radius 3 is 2.90 bits per heavy atom. The molecule has 1 fully saturated rings. The number of para-hydroxylation sites is 2. The highest BCUT2D eigenvalue weighted by atomic mass is 16.1. The molecule has 9 heteroatoms. The topological polar surface area (TPSA) is 105 Å². The number of H-pyrrole nitrogens is 1. The summed E-state index contributed by atoms with van der Waals surface area (Å²) in [6.45, 7) is 7.84. The molecule has 0 saturated carbocycles. The maximum Gasteiger partial charge on any atom is 0.220 e. The van der Waals surface area contributed by atoms with Crippen molar-refractivity contribution in [2.45, 2.75) is 58.7 Å². The highest BCUT2D eigenvalue weighted by Gasteiger charge is 2.19. The van der Waals surface area contributed by atoms with E-state index in [0.29, 0.717) is 19.4 Å². The molecule has 1 atom stereocenters. The van der Waals surface area contributed by atoms with Gasteiger partial charge in [0.15, 0.2) is 5.82 Å². The number of benzene rings is 1. The number of aromatic nitrogens is 6. The number of nitrogens with zero attached hydrogens (tertiary/aromatic N) is 6. The lowest BCUT2D eigenvalue weighted by molar-refractivity contribution is -0.121. The number of imidazole rings is 1. The van der Waals surface area contributed by atoms with Crippen LogP contribution >= 0.6 is 0 Å². The molecule has 1 amide bonds. The Morgan fingerprint density at radius 1 is 1.30 bits per heavy atom. The largest absolute Gasteiger partial charge is 0.346 e. The van der Waals surface area contributed by atoms with Crippen molar-refractivity contribution in [2.75, 3.05) is 13.1 Å². The van der Waals surface area contributed by atoms with Crippen molar-refractivity contribution in [2.24, 2.45) is 5.92 Å². The Balaban J connectivity index is 1.23. The van der Waals surface area contributed by atoms with E-state index in [1.165, 1.54) is 12.8 Å². The van der Waals surface area contributed by atoms with Gasteiger partial charge in [-0.15, -0.1) is 5.10 Å². The number of hydrogen-bond acceptors (Lipinski definition) is 6. The lowest BCUT2D eigenvalue weighted by Crippen LogP contribution is -2.33. The number of hydrogen-bond donors (Lipinski definition) is 2. The highest BCUT2D eigenvalue weighted by molar-refractivity contribution is 5.77. The molecule has 0 bridgehead atoms. The van der Waals surface area contributed by atoms with Gasteiger partial charge in [-0.1, -0.05) is 19.1 Å². The molecular formula is C21H30N8O. The average molecular weight is 411 g/mol. The van der Waals surface area contributed by atoms with Crippen LogP contribution in [0.5, 0.6) is 0 Å². The predicted molar refractivity (Wildman–Crippen MR) is 113 cm³/mol. The van der Waals surface area contributed by atoms with Crippen LogP contribution in [0.15, 0.2) is 24.3 Å². The summed E-state index contributed by atoms with van der Waals surface area (Å²) in [5.41, 5.74) is 1.88. The summed E-state index contributed by atoms with van der Waals surface area (Å²) in [5.74, 6) is 2.45. The zero-order chi connectivity index (χ0) is 20.9. The van der Waals surface area contributed by atoms with Crippen molar-refractivity contribution in [1.82, 2.24) is 40.4 Å². The van der Waals surface area contributed by atoms with Crippen LogP contribution in [0.3, 0.4) is 0 Å². The van der Waals surface area contributed by atoms with Crippen LogP contribution in [0.2, 0.25) is 0 Å². The van der Waals surface area contributed by atoms with Crippen LogP contribution in [0.4, 0.5) is 0 Å². The summed E-state index contributed by atoms with van der Waals surface area (Å²) in [5, 5.41) is 15.1. The number of aromatic amines is 1. The molecule has 160 valence electrons. The van der Waals surface area contributed by atoms with Gasteiger partial charge in [0, 0.05) is 13.0 Å². The van der Waals surface area contributed by atoms with Crippen molar-refractivity contribution < 1.29 is 4.79 Å². The van der Waals surface area contributed by atoms with E-state index in [2.05, 4.69) is 42.6 Å². The zero-order valence-electron chi connectivity index (χ0n) is 17.7. The second kappa shape index (κ2) is 9.34. The molecule has 2 aromatic heterocycles. The van der Waals surface area contributed by atoms with Gasteiger partial charge in [-0.2, -0.15) is 0 Å². The molecule has 4 rings (SSSR count). The summed E-state index contributed by atoms with van der Waals surface area (Å²) in [7, 11) is 0. The lowest BCUT2D eigenvalue weighted by atomic mass is 9.99. The number of aryl methyl sites for hydroxylation is 1. The van der Waals surface area contributed by atoms with Crippen molar-refractivity contribution in [3.63, 3.8) is 0 Å². The van der Waals surface area contributed by atoms with Gasteiger partial charge < -0.3 is 10.3 Å². The van der Waals surface area contributed by atoms with E-state index >= 15 is 0 Å². The van der Waals surface area contributed by atoms with Crippen molar-refractivity contribution in [1.29, 1.82) is 0 Å². The van der Waals surface area contributed by atoms with E-state index in [1.807, 2.05) is 35.9 Å². The summed E-state index contributed by atoms with van der Waals surface area (Å²) in [6, 6.07) is 7.68. The van der Waals surface area contributed by atoms with E-state index in [0.717, 1.165) is 48.2 Å². The minimum absolute atomic E-state index is 0.00241. The Hall–Kier alpha value is -2.81. The highest BCUT2D eigenvalue weighted by Crippen LogP contribution is 2.18. The maximum absolute atomic E-state index is 12.4. The molecular weight excluding hydrogens is 380 g/mol. The Labute approximate surface area is 176 Å². The minimum atomic E-state index is -0.171. The number of carbonyl (C=O) groups excluding carboxylic acids is 1. The van der Waals surface area contributed by atoms with Gasteiger partial charge in [-0.05, 0) is 67.8 Å². The second-order valence-electron chi connectivity index (χ2n) is 8.31. The molecule has 1 aliphatic heterocycles. The van der Waals surface area contributed by atoms with Gasteiger partial charge in [0.25, 0.3) is 0 Å². The number of piperidine rings is 1. The van der Waals surface area contributed by atoms with Gasteiger partial charge in [0.05, 0.1) is 23.6 Å². The minimum Gasteiger partial charge on any atom is -0.346 e. The Bertz CT molecular complexity index is 939. The van der Waals surface area contributed by atoms with Crippen LogP contribution in [0.1, 0.15) is 57.2 Å². The standard InChI is InChI=1S/C21H30N8O/c1-15-9-12-28(13-10-15)14-19-25-26-27-29(19)11-5-8-20(30)22-16(2)21-23-17-6-3-4-7-18(17)24-21/h3-4,6-7,15-16H,5,8-14H2,1-2H3,(H,22,30)(H,23,24)/t16-/m0/s1. The first-order chi connectivity index (χ1) is 14.6. The van der Waals surface area contributed by atoms with E-state index in [4.69, 9.17) is 0 Å². The number of amides is 1. The Kier molecular flexibility index (Phi) is 6.37. The zero-order valence-corrected chi connectivity index (χ0v) is 17.7.